The second-order valence-electron chi connectivity index (χ2n) is 5.33. The molecule has 23 heavy (non-hydrogen) atoms. The van der Waals surface area contributed by atoms with E-state index in [1.54, 1.807) is 17.1 Å². The number of carbonyl (C=O) groups is 1. The Morgan fingerprint density at radius 1 is 1.39 bits per heavy atom. The summed E-state index contributed by atoms with van der Waals surface area (Å²) in [6, 6.07) is 0. The fourth-order valence-electron chi connectivity index (χ4n) is 2.71. The SMILES string of the molecule is Cc1ncc2c(c1CNC(=O)c1cncn1C)CCNC2.Cl.Cl. The molecular formula is C15H21Cl2N5O. The number of amides is 1. The van der Waals surface area contributed by atoms with Crippen molar-refractivity contribution in [2.24, 2.45) is 7.05 Å². The summed E-state index contributed by atoms with van der Waals surface area (Å²) in [5.74, 6) is -0.110. The van der Waals surface area contributed by atoms with Crippen LogP contribution in [-0.2, 0) is 26.6 Å². The van der Waals surface area contributed by atoms with E-state index in [-0.39, 0.29) is 30.7 Å². The fraction of sp³-hybridized carbons (Fsp3) is 0.400. The van der Waals surface area contributed by atoms with E-state index < -0.39 is 0 Å². The summed E-state index contributed by atoms with van der Waals surface area (Å²) < 4.78 is 1.71. The van der Waals surface area contributed by atoms with E-state index in [4.69, 9.17) is 0 Å². The van der Waals surface area contributed by atoms with Crippen LogP contribution in [0.4, 0.5) is 0 Å². The van der Waals surface area contributed by atoms with Crippen LogP contribution in [0.2, 0.25) is 0 Å². The van der Waals surface area contributed by atoms with Gasteiger partial charge in [0, 0.05) is 32.0 Å². The quantitative estimate of drug-likeness (QED) is 0.873. The first-order chi connectivity index (χ1) is 10.2. The molecule has 0 aliphatic carbocycles. The third-order valence-electron chi connectivity index (χ3n) is 3.94. The molecule has 2 aromatic heterocycles. The van der Waals surface area contributed by atoms with E-state index >= 15 is 0 Å². The molecule has 2 aromatic rings. The molecule has 0 aromatic carbocycles. The van der Waals surface area contributed by atoms with Gasteiger partial charge in [0.15, 0.2) is 0 Å². The number of nitrogens with one attached hydrogen (secondary N) is 2. The molecule has 2 N–H and O–H groups in total. The number of halogens is 2. The minimum absolute atomic E-state index is 0. The molecule has 0 fully saturated rings. The van der Waals surface area contributed by atoms with Crippen LogP contribution in [0.5, 0.6) is 0 Å². The normalized spacial score (nSPS) is 12.6. The maximum atomic E-state index is 12.2. The third kappa shape index (κ3) is 4.02. The largest absolute Gasteiger partial charge is 0.347 e. The zero-order valence-electron chi connectivity index (χ0n) is 13.1. The van der Waals surface area contributed by atoms with Crippen LogP contribution in [0.3, 0.4) is 0 Å². The van der Waals surface area contributed by atoms with Crippen LogP contribution in [-0.4, -0.2) is 27.0 Å². The maximum absolute atomic E-state index is 12.2. The maximum Gasteiger partial charge on any atom is 0.269 e. The van der Waals surface area contributed by atoms with Gasteiger partial charge >= 0.3 is 0 Å². The number of hydrogen-bond acceptors (Lipinski definition) is 4. The Hall–Kier alpha value is -1.63. The number of nitrogens with zero attached hydrogens (tertiary/aromatic N) is 3. The number of aryl methyl sites for hydroxylation is 2. The van der Waals surface area contributed by atoms with Gasteiger partial charge in [0.1, 0.15) is 5.69 Å². The average Bonchev–Trinajstić information content (AvgIpc) is 2.92. The minimum atomic E-state index is -0.110. The molecule has 126 valence electrons. The lowest BCUT2D eigenvalue weighted by Crippen LogP contribution is -2.29. The van der Waals surface area contributed by atoms with E-state index in [1.165, 1.54) is 11.1 Å². The predicted octanol–water partition coefficient (Wildman–Crippen LogP) is 1.54. The van der Waals surface area contributed by atoms with Crippen LogP contribution in [0, 0.1) is 6.92 Å². The zero-order valence-corrected chi connectivity index (χ0v) is 14.8. The molecule has 0 atom stereocenters. The standard InChI is InChI=1S/C15H19N5O.2ClH/c1-10-13(12-3-4-16-5-11(12)6-18-10)7-19-15(21)14-8-17-9-20(14)2;;/h6,8-9,16H,3-5,7H2,1-2H3,(H,19,21);2*1H. The van der Waals surface area contributed by atoms with Gasteiger partial charge in [0.2, 0.25) is 0 Å². The Morgan fingerprint density at radius 3 is 2.87 bits per heavy atom. The number of rotatable bonds is 3. The monoisotopic (exact) mass is 357 g/mol. The van der Waals surface area contributed by atoms with Gasteiger partial charge in [0.25, 0.3) is 5.91 Å². The van der Waals surface area contributed by atoms with E-state index in [1.807, 2.05) is 20.2 Å². The summed E-state index contributed by atoms with van der Waals surface area (Å²) in [6.07, 6.45) is 6.11. The summed E-state index contributed by atoms with van der Waals surface area (Å²) in [5.41, 5.74) is 5.25. The predicted molar refractivity (Wildman–Crippen MR) is 93.3 cm³/mol. The molecule has 8 heteroatoms. The van der Waals surface area contributed by atoms with Gasteiger partial charge in [0.05, 0.1) is 12.5 Å². The van der Waals surface area contributed by atoms with Crippen molar-refractivity contribution in [1.29, 1.82) is 0 Å². The molecule has 3 rings (SSSR count). The molecular weight excluding hydrogens is 337 g/mol. The zero-order chi connectivity index (χ0) is 14.8. The highest BCUT2D eigenvalue weighted by atomic mass is 35.5. The number of aromatic nitrogens is 3. The summed E-state index contributed by atoms with van der Waals surface area (Å²) >= 11 is 0. The summed E-state index contributed by atoms with van der Waals surface area (Å²) in [6.45, 7) is 4.32. The molecule has 0 saturated carbocycles. The van der Waals surface area contributed by atoms with Crippen LogP contribution in [0.15, 0.2) is 18.7 Å². The summed E-state index contributed by atoms with van der Waals surface area (Å²) in [4.78, 5) is 20.6. The lowest BCUT2D eigenvalue weighted by Gasteiger charge is -2.21. The van der Waals surface area contributed by atoms with Gasteiger partial charge in [-0.25, -0.2) is 4.98 Å². The number of imidazole rings is 1. The van der Waals surface area contributed by atoms with Crippen molar-refractivity contribution in [3.63, 3.8) is 0 Å². The van der Waals surface area contributed by atoms with Crippen LogP contribution in [0.1, 0.15) is 32.9 Å². The van der Waals surface area contributed by atoms with Crippen molar-refractivity contribution in [1.82, 2.24) is 25.2 Å². The van der Waals surface area contributed by atoms with Crippen molar-refractivity contribution in [3.8, 4) is 0 Å². The Bertz CT molecular complexity index is 687. The fourth-order valence-corrected chi connectivity index (χ4v) is 2.71. The molecule has 6 nitrogen and oxygen atoms in total. The highest BCUT2D eigenvalue weighted by molar-refractivity contribution is 5.92. The Morgan fingerprint density at radius 2 is 2.17 bits per heavy atom. The van der Waals surface area contributed by atoms with Crippen molar-refractivity contribution >= 4 is 30.7 Å². The molecule has 0 saturated heterocycles. The van der Waals surface area contributed by atoms with Gasteiger partial charge < -0.3 is 15.2 Å². The molecule has 0 radical (unpaired) electrons. The average molecular weight is 358 g/mol. The van der Waals surface area contributed by atoms with Crippen molar-refractivity contribution in [2.75, 3.05) is 6.54 Å². The first kappa shape index (κ1) is 19.4. The van der Waals surface area contributed by atoms with Crippen LogP contribution >= 0.6 is 24.8 Å². The Labute approximate surface area is 147 Å². The van der Waals surface area contributed by atoms with Crippen LogP contribution < -0.4 is 10.6 Å². The van der Waals surface area contributed by atoms with Crippen LogP contribution in [0.25, 0.3) is 0 Å². The molecule has 3 heterocycles. The topological polar surface area (TPSA) is 71.8 Å². The van der Waals surface area contributed by atoms with E-state index in [0.717, 1.165) is 30.8 Å². The second-order valence-corrected chi connectivity index (χ2v) is 5.33. The highest BCUT2D eigenvalue weighted by Gasteiger charge is 2.17. The highest BCUT2D eigenvalue weighted by Crippen LogP contribution is 2.20. The first-order valence-electron chi connectivity index (χ1n) is 7.08. The van der Waals surface area contributed by atoms with Gasteiger partial charge in [-0.05, 0) is 36.6 Å². The van der Waals surface area contributed by atoms with Gasteiger partial charge in [-0.1, -0.05) is 0 Å². The number of carbonyl (C=O) groups excluding carboxylic acids is 1. The van der Waals surface area contributed by atoms with Crippen molar-refractivity contribution in [3.05, 3.63) is 46.8 Å². The third-order valence-corrected chi connectivity index (χ3v) is 3.94. The molecule has 1 aliphatic rings. The van der Waals surface area contributed by atoms with Gasteiger partial charge in [-0.2, -0.15) is 0 Å². The minimum Gasteiger partial charge on any atom is -0.347 e. The number of pyridine rings is 1. The smallest absolute Gasteiger partial charge is 0.269 e. The molecule has 0 bridgehead atoms. The Kier molecular flexibility index (Phi) is 7.00. The second kappa shape index (κ2) is 8.29. The molecule has 1 aliphatic heterocycles. The van der Waals surface area contributed by atoms with Crippen molar-refractivity contribution in [2.45, 2.75) is 26.4 Å². The lowest BCUT2D eigenvalue weighted by molar-refractivity contribution is 0.0942. The lowest BCUT2D eigenvalue weighted by atomic mass is 9.96. The summed E-state index contributed by atoms with van der Waals surface area (Å²) in [7, 11) is 1.81. The Balaban J connectivity index is 0.00000132. The molecule has 1 amide bonds. The number of hydrogen-bond donors (Lipinski definition) is 2. The molecule has 0 spiro atoms. The number of fused-ring (bicyclic) bond motifs is 1. The van der Waals surface area contributed by atoms with E-state index in [2.05, 4.69) is 20.6 Å². The summed E-state index contributed by atoms with van der Waals surface area (Å²) in [5, 5.41) is 6.32. The van der Waals surface area contributed by atoms with E-state index in [0.29, 0.717) is 12.2 Å². The van der Waals surface area contributed by atoms with Gasteiger partial charge in [-0.3, -0.25) is 9.78 Å². The van der Waals surface area contributed by atoms with E-state index in [9.17, 15) is 4.79 Å². The molecule has 0 unspecified atom stereocenters. The van der Waals surface area contributed by atoms with Gasteiger partial charge in [-0.15, -0.1) is 24.8 Å². The first-order valence-corrected chi connectivity index (χ1v) is 7.08. The van der Waals surface area contributed by atoms with Crippen molar-refractivity contribution < 1.29 is 4.79 Å².